The molecule has 1 nitrogen and oxygen atoms in total. The minimum absolute atomic E-state index is 0.448. The average Bonchev–Trinajstić information content (AvgIpc) is 2.61. The molecule has 1 unspecified atom stereocenters. The number of likely N-dealkylation sites (tertiary alicyclic amines) is 1. The molecule has 22 heavy (non-hydrogen) atoms. The molecule has 0 aromatic heterocycles. The number of rotatable bonds is 5. The van der Waals surface area contributed by atoms with E-state index < -0.39 is 0 Å². The fraction of sp³-hybridized carbons (Fsp3) is 0.400. The third-order valence-corrected chi connectivity index (χ3v) is 6.03. The first-order valence-electron chi connectivity index (χ1n) is 8.34. The first kappa shape index (κ1) is 15.6. The molecule has 1 fully saturated rings. The van der Waals surface area contributed by atoms with E-state index in [0.29, 0.717) is 5.25 Å². The molecule has 0 spiro atoms. The zero-order chi connectivity index (χ0) is 15.2. The number of thioether (sulfide) groups is 1. The van der Waals surface area contributed by atoms with Gasteiger partial charge in [-0.25, -0.2) is 0 Å². The Bertz CT molecular complexity index is 515. The lowest BCUT2D eigenvalue weighted by Crippen LogP contribution is -2.37. The van der Waals surface area contributed by atoms with Gasteiger partial charge in [0.05, 0.1) is 5.25 Å². The van der Waals surface area contributed by atoms with Crippen LogP contribution >= 0.6 is 11.8 Å². The predicted molar refractivity (Wildman–Crippen MR) is 97.5 cm³/mol. The van der Waals surface area contributed by atoms with Crippen molar-refractivity contribution in [1.29, 1.82) is 0 Å². The van der Waals surface area contributed by atoms with Gasteiger partial charge in [-0.1, -0.05) is 67.6 Å². The largest absolute Gasteiger partial charge is 0.303 e. The van der Waals surface area contributed by atoms with E-state index in [0.717, 1.165) is 5.25 Å². The summed E-state index contributed by atoms with van der Waals surface area (Å²) < 4.78 is 0. The van der Waals surface area contributed by atoms with Gasteiger partial charge in [0.2, 0.25) is 0 Å². The third kappa shape index (κ3) is 3.93. The van der Waals surface area contributed by atoms with Crippen molar-refractivity contribution in [2.45, 2.75) is 30.3 Å². The fourth-order valence-electron chi connectivity index (χ4n) is 3.21. The summed E-state index contributed by atoms with van der Waals surface area (Å²) in [7, 11) is 0. The lowest BCUT2D eigenvalue weighted by atomic mass is 10.0. The quantitative estimate of drug-likeness (QED) is 0.765. The standard InChI is InChI=1S/C20H25NS/c1-2-21-15-9-14-19(16-21)22-20(17-10-5-3-6-11-17)18-12-7-4-8-13-18/h3-8,10-13,19-20H,2,9,14-16H2,1H3. The van der Waals surface area contributed by atoms with Crippen LogP contribution in [0.15, 0.2) is 60.7 Å². The first-order valence-corrected chi connectivity index (χ1v) is 9.29. The minimum atomic E-state index is 0.448. The van der Waals surface area contributed by atoms with Crippen molar-refractivity contribution in [3.8, 4) is 0 Å². The highest BCUT2D eigenvalue weighted by Gasteiger charge is 2.24. The van der Waals surface area contributed by atoms with Crippen LogP contribution in [0.4, 0.5) is 0 Å². The highest BCUT2D eigenvalue weighted by Crippen LogP contribution is 2.40. The molecule has 1 saturated heterocycles. The molecule has 0 saturated carbocycles. The Kier molecular flexibility index (Phi) is 5.58. The van der Waals surface area contributed by atoms with Gasteiger partial charge in [-0.15, -0.1) is 11.8 Å². The van der Waals surface area contributed by atoms with E-state index in [9.17, 15) is 0 Å². The molecule has 2 aromatic carbocycles. The Balaban J connectivity index is 1.80. The van der Waals surface area contributed by atoms with Crippen LogP contribution in [0.5, 0.6) is 0 Å². The maximum Gasteiger partial charge on any atom is 0.0549 e. The second-order valence-corrected chi connectivity index (χ2v) is 7.41. The summed E-state index contributed by atoms with van der Waals surface area (Å²) >= 11 is 2.15. The monoisotopic (exact) mass is 311 g/mol. The topological polar surface area (TPSA) is 3.24 Å². The Morgan fingerprint density at radius 3 is 2.14 bits per heavy atom. The van der Waals surface area contributed by atoms with E-state index in [4.69, 9.17) is 0 Å². The number of hydrogen-bond donors (Lipinski definition) is 0. The first-order chi connectivity index (χ1) is 10.9. The molecule has 1 atom stereocenters. The summed E-state index contributed by atoms with van der Waals surface area (Å²) in [5.74, 6) is 0. The number of nitrogens with zero attached hydrogens (tertiary/aromatic N) is 1. The van der Waals surface area contributed by atoms with Crippen molar-refractivity contribution < 1.29 is 0 Å². The van der Waals surface area contributed by atoms with E-state index in [1.54, 1.807) is 0 Å². The molecule has 116 valence electrons. The average molecular weight is 311 g/mol. The maximum atomic E-state index is 2.59. The van der Waals surface area contributed by atoms with Crippen LogP contribution in [0.1, 0.15) is 36.1 Å². The molecule has 0 bridgehead atoms. The SMILES string of the molecule is CCN1CCCC(SC(c2ccccc2)c2ccccc2)C1. The summed E-state index contributed by atoms with van der Waals surface area (Å²) in [4.78, 5) is 2.59. The molecule has 0 N–H and O–H groups in total. The molecule has 1 heterocycles. The second kappa shape index (κ2) is 7.85. The fourth-order valence-corrected chi connectivity index (χ4v) is 4.82. The molecule has 0 amide bonds. The van der Waals surface area contributed by atoms with Gasteiger partial charge in [0.25, 0.3) is 0 Å². The molecule has 0 radical (unpaired) electrons. The molecule has 2 aromatic rings. The smallest absolute Gasteiger partial charge is 0.0549 e. The maximum absolute atomic E-state index is 2.59. The van der Waals surface area contributed by atoms with Gasteiger partial charge in [-0.05, 0) is 37.1 Å². The molecular weight excluding hydrogens is 286 g/mol. The summed E-state index contributed by atoms with van der Waals surface area (Å²) in [6, 6.07) is 21.9. The Labute approximate surface area is 138 Å². The van der Waals surface area contributed by atoms with Crippen molar-refractivity contribution >= 4 is 11.8 Å². The van der Waals surface area contributed by atoms with Crippen molar-refractivity contribution in [1.82, 2.24) is 4.90 Å². The number of benzene rings is 2. The van der Waals surface area contributed by atoms with Crippen LogP contribution < -0.4 is 0 Å². The number of hydrogen-bond acceptors (Lipinski definition) is 2. The summed E-state index contributed by atoms with van der Waals surface area (Å²) in [5, 5.41) is 1.18. The van der Waals surface area contributed by atoms with Gasteiger partial charge in [0.1, 0.15) is 0 Å². The summed E-state index contributed by atoms with van der Waals surface area (Å²) in [5.41, 5.74) is 2.85. The van der Waals surface area contributed by atoms with Crippen molar-refractivity contribution in [2.24, 2.45) is 0 Å². The van der Waals surface area contributed by atoms with E-state index >= 15 is 0 Å². The van der Waals surface area contributed by atoms with Crippen LogP contribution in [0.2, 0.25) is 0 Å². The third-order valence-electron chi connectivity index (χ3n) is 4.44. The van der Waals surface area contributed by atoms with Gasteiger partial charge in [-0.3, -0.25) is 0 Å². The van der Waals surface area contributed by atoms with Crippen molar-refractivity contribution in [2.75, 3.05) is 19.6 Å². The van der Waals surface area contributed by atoms with E-state index in [1.807, 2.05) is 0 Å². The molecule has 1 aliphatic rings. The van der Waals surface area contributed by atoms with Crippen LogP contribution in [0.25, 0.3) is 0 Å². The van der Waals surface area contributed by atoms with Gasteiger partial charge in [0, 0.05) is 11.8 Å². The molecular formula is C20H25NS. The lowest BCUT2D eigenvalue weighted by Gasteiger charge is -2.33. The van der Waals surface area contributed by atoms with Gasteiger partial charge in [0.15, 0.2) is 0 Å². The van der Waals surface area contributed by atoms with Crippen molar-refractivity contribution in [3.05, 3.63) is 71.8 Å². The van der Waals surface area contributed by atoms with Crippen LogP contribution in [-0.2, 0) is 0 Å². The Morgan fingerprint density at radius 2 is 1.59 bits per heavy atom. The van der Waals surface area contributed by atoms with Gasteiger partial charge < -0.3 is 4.90 Å². The Hall–Kier alpha value is -1.25. The minimum Gasteiger partial charge on any atom is -0.303 e. The van der Waals surface area contributed by atoms with E-state index in [-0.39, 0.29) is 0 Å². The normalized spacial score (nSPS) is 19.5. The Morgan fingerprint density at radius 1 is 1.00 bits per heavy atom. The number of piperidine rings is 1. The summed E-state index contributed by atoms with van der Waals surface area (Å²) in [6.45, 7) is 5.96. The van der Waals surface area contributed by atoms with Gasteiger partial charge >= 0.3 is 0 Å². The van der Waals surface area contributed by atoms with Crippen LogP contribution in [0.3, 0.4) is 0 Å². The van der Waals surface area contributed by atoms with E-state index in [1.165, 1.54) is 43.6 Å². The van der Waals surface area contributed by atoms with Gasteiger partial charge in [-0.2, -0.15) is 0 Å². The predicted octanol–water partition coefficient (Wildman–Crippen LogP) is 4.99. The highest BCUT2D eigenvalue weighted by atomic mass is 32.2. The molecule has 2 heteroatoms. The molecule has 0 aliphatic carbocycles. The van der Waals surface area contributed by atoms with E-state index in [2.05, 4.69) is 84.2 Å². The lowest BCUT2D eigenvalue weighted by molar-refractivity contribution is 0.245. The van der Waals surface area contributed by atoms with Crippen molar-refractivity contribution in [3.63, 3.8) is 0 Å². The second-order valence-electron chi connectivity index (χ2n) is 5.99. The highest BCUT2D eigenvalue weighted by molar-refractivity contribution is 8.00. The molecule has 3 rings (SSSR count). The van der Waals surface area contributed by atoms with Crippen LogP contribution in [-0.4, -0.2) is 29.8 Å². The van der Waals surface area contributed by atoms with Crippen LogP contribution in [0, 0.1) is 0 Å². The zero-order valence-corrected chi connectivity index (χ0v) is 14.1. The molecule has 1 aliphatic heterocycles. The zero-order valence-electron chi connectivity index (χ0n) is 13.3. The summed E-state index contributed by atoms with van der Waals surface area (Å²) in [6.07, 6.45) is 2.68.